The summed E-state index contributed by atoms with van der Waals surface area (Å²) in [5, 5.41) is 11.5. The molecule has 1 amide bonds. The molecule has 1 saturated heterocycles. The molecule has 0 radical (unpaired) electrons. The number of carbonyl (C=O) groups excluding carboxylic acids is 1. The van der Waals surface area contributed by atoms with Crippen LogP contribution in [0.4, 0.5) is 16.2 Å². The topological polar surface area (TPSA) is 132 Å². The fourth-order valence-corrected chi connectivity index (χ4v) is 4.56. The van der Waals surface area contributed by atoms with Crippen molar-refractivity contribution in [1.29, 1.82) is 0 Å². The molecule has 0 saturated carbocycles. The van der Waals surface area contributed by atoms with Gasteiger partial charge < -0.3 is 45.2 Å². The van der Waals surface area contributed by atoms with E-state index in [0.29, 0.717) is 63.1 Å². The largest absolute Gasteiger partial charge is 0.530 e. The molecule has 9 nitrogen and oxygen atoms in total. The molecule has 4 N–H and O–H groups in total. The van der Waals surface area contributed by atoms with E-state index in [1.54, 1.807) is 18.2 Å². The molecule has 2 unspecified atom stereocenters. The van der Waals surface area contributed by atoms with E-state index in [0.717, 1.165) is 23.3 Å². The second-order valence-electron chi connectivity index (χ2n) is 9.46. The first-order valence-electron chi connectivity index (χ1n) is 13.2. The number of nitrogens with zero attached hydrogens (tertiary/aromatic N) is 1. The molecule has 1 aliphatic rings. The quantitative estimate of drug-likeness (QED) is 0.252. The van der Waals surface area contributed by atoms with E-state index in [4.69, 9.17) is 30.4 Å². The van der Waals surface area contributed by atoms with Crippen molar-refractivity contribution in [3.05, 3.63) is 83.9 Å². The molecule has 0 aliphatic carbocycles. The zero-order valence-electron chi connectivity index (χ0n) is 22.0. The standard InChI is InChI=1S/C30H37N3O6/c31-27-12-11-25(19-28(27)32)38-17-18-39-29-20-33(30(34)35)14-13-26(29)23-7-9-24(10-8-23)37-16-4-15-36-21-22-5-2-1-3-6-22/h1-3,5-12,19,26,29H,4,13-18,20-21,31-32H2,(H,34,35)/p-1. The lowest BCUT2D eigenvalue weighted by Crippen LogP contribution is -2.51. The molecule has 9 heteroatoms. The lowest BCUT2D eigenvalue weighted by Gasteiger charge is -2.40. The third-order valence-corrected chi connectivity index (χ3v) is 6.68. The molecule has 0 spiro atoms. The van der Waals surface area contributed by atoms with Gasteiger partial charge in [0.05, 0.1) is 43.9 Å². The molecular formula is C30H36N3O6-. The molecular weight excluding hydrogens is 498 g/mol. The number of likely N-dealkylation sites (tertiary alicyclic amines) is 1. The highest BCUT2D eigenvalue weighted by molar-refractivity contribution is 5.65. The van der Waals surface area contributed by atoms with E-state index in [1.165, 1.54) is 4.90 Å². The number of piperidine rings is 1. The van der Waals surface area contributed by atoms with E-state index in [9.17, 15) is 9.90 Å². The van der Waals surface area contributed by atoms with Gasteiger partial charge in [-0.25, -0.2) is 0 Å². The Kier molecular flexibility index (Phi) is 10.3. The highest BCUT2D eigenvalue weighted by Gasteiger charge is 2.31. The number of hydrogen-bond acceptors (Lipinski definition) is 8. The summed E-state index contributed by atoms with van der Waals surface area (Å²) in [6.45, 7) is 3.00. The number of rotatable bonds is 13. The summed E-state index contributed by atoms with van der Waals surface area (Å²) in [5.74, 6) is 1.41. The van der Waals surface area contributed by atoms with Crippen LogP contribution in [0.3, 0.4) is 0 Å². The van der Waals surface area contributed by atoms with Gasteiger partial charge in [-0.1, -0.05) is 42.5 Å². The number of ether oxygens (including phenoxy) is 4. The Bertz CT molecular complexity index is 1180. The maximum Gasteiger partial charge on any atom is 0.137 e. The Balaban J connectivity index is 1.24. The average Bonchev–Trinajstić information content (AvgIpc) is 2.95. The van der Waals surface area contributed by atoms with Gasteiger partial charge >= 0.3 is 0 Å². The summed E-state index contributed by atoms with van der Waals surface area (Å²) in [7, 11) is 0. The smallest absolute Gasteiger partial charge is 0.137 e. The zero-order valence-corrected chi connectivity index (χ0v) is 22.0. The Morgan fingerprint density at radius 2 is 1.62 bits per heavy atom. The summed E-state index contributed by atoms with van der Waals surface area (Å²) < 4.78 is 23.4. The molecule has 1 heterocycles. The minimum absolute atomic E-state index is 0.0354. The summed E-state index contributed by atoms with van der Waals surface area (Å²) in [4.78, 5) is 12.8. The predicted molar refractivity (Wildman–Crippen MR) is 147 cm³/mol. The zero-order chi connectivity index (χ0) is 27.5. The number of carbonyl (C=O) groups is 1. The maximum absolute atomic E-state index is 11.5. The van der Waals surface area contributed by atoms with Crippen LogP contribution >= 0.6 is 0 Å². The second-order valence-corrected chi connectivity index (χ2v) is 9.46. The third kappa shape index (κ3) is 8.53. The normalized spacial score (nSPS) is 17.1. The van der Waals surface area contributed by atoms with Gasteiger partial charge in [0.2, 0.25) is 0 Å². The Morgan fingerprint density at radius 3 is 2.36 bits per heavy atom. The fourth-order valence-electron chi connectivity index (χ4n) is 4.56. The van der Waals surface area contributed by atoms with Crippen LogP contribution in [0.25, 0.3) is 0 Å². The van der Waals surface area contributed by atoms with E-state index in [1.807, 2.05) is 54.6 Å². The highest BCUT2D eigenvalue weighted by atomic mass is 16.5. The van der Waals surface area contributed by atoms with Crippen molar-refractivity contribution < 1.29 is 28.8 Å². The van der Waals surface area contributed by atoms with Crippen LogP contribution in [-0.4, -0.2) is 56.6 Å². The Labute approximate surface area is 229 Å². The molecule has 3 aromatic rings. The molecule has 39 heavy (non-hydrogen) atoms. The number of amides is 1. The summed E-state index contributed by atoms with van der Waals surface area (Å²) >= 11 is 0. The highest BCUT2D eigenvalue weighted by Crippen LogP contribution is 2.31. The van der Waals surface area contributed by atoms with Crippen molar-refractivity contribution in [1.82, 2.24) is 4.90 Å². The van der Waals surface area contributed by atoms with E-state index >= 15 is 0 Å². The monoisotopic (exact) mass is 534 g/mol. The molecule has 208 valence electrons. The van der Waals surface area contributed by atoms with Gasteiger partial charge in [-0.05, 0) is 41.8 Å². The lowest BCUT2D eigenvalue weighted by molar-refractivity contribution is -0.268. The first-order valence-corrected chi connectivity index (χ1v) is 13.2. The van der Waals surface area contributed by atoms with E-state index in [-0.39, 0.29) is 18.6 Å². The number of nitrogen functional groups attached to an aromatic ring is 2. The van der Waals surface area contributed by atoms with Crippen LogP contribution in [0.5, 0.6) is 11.5 Å². The van der Waals surface area contributed by atoms with Crippen molar-refractivity contribution in [3.8, 4) is 11.5 Å². The van der Waals surface area contributed by atoms with Crippen LogP contribution in [-0.2, 0) is 16.1 Å². The number of benzene rings is 3. The summed E-state index contributed by atoms with van der Waals surface area (Å²) in [5.41, 5.74) is 14.7. The average molecular weight is 535 g/mol. The molecule has 0 aromatic heterocycles. The van der Waals surface area contributed by atoms with Crippen molar-refractivity contribution in [2.24, 2.45) is 0 Å². The molecule has 2 atom stereocenters. The number of nitrogens with two attached hydrogens (primary N) is 2. The summed E-state index contributed by atoms with van der Waals surface area (Å²) in [6, 6.07) is 23.1. The molecule has 3 aromatic carbocycles. The van der Waals surface area contributed by atoms with Crippen LogP contribution in [0, 0.1) is 0 Å². The Morgan fingerprint density at radius 1 is 0.872 bits per heavy atom. The van der Waals surface area contributed by atoms with Gasteiger partial charge in [0.15, 0.2) is 0 Å². The van der Waals surface area contributed by atoms with Gasteiger partial charge in [-0.15, -0.1) is 0 Å². The number of anilines is 2. The van der Waals surface area contributed by atoms with Gasteiger partial charge in [0.1, 0.15) is 24.2 Å². The van der Waals surface area contributed by atoms with Crippen LogP contribution in [0.15, 0.2) is 72.8 Å². The van der Waals surface area contributed by atoms with Crippen LogP contribution < -0.4 is 26.0 Å². The first kappa shape index (κ1) is 28.1. The maximum atomic E-state index is 11.5. The van der Waals surface area contributed by atoms with Crippen LogP contribution in [0.2, 0.25) is 0 Å². The molecule has 1 aliphatic heterocycles. The van der Waals surface area contributed by atoms with Gasteiger partial charge in [0, 0.05) is 31.5 Å². The number of carboxylic acid groups (broad SMARTS) is 1. The van der Waals surface area contributed by atoms with Crippen molar-refractivity contribution in [3.63, 3.8) is 0 Å². The molecule has 1 fully saturated rings. The molecule has 4 rings (SSSR count). The van der Waals surface area contributed by atoms with Crippen LogP contribution in [0.1, 0.15) is 29.9 Å². The first-order chi connectivity index (χ1) is 19.0. The fraction of sp³-hybridized carbons (Fsp3) is 0.367. The van der Waals surface area contributed by atoms with E-state index in [2.05, 4.69) is 0 Å². The minimum atomic E-state index is -1.19. The van der Waals surface area contributed by atoms with E-state index < -0.39 is 6.09 Å². The van der Waals surface area contributed by atoms with Gasteiger partial charge in [0.25, 0.3) is 0 Å². The van der Waals surface area contributed by atoms with Crippen molar-refractivity contribution in [2.45, 2.75) is 31.5 Å². The predicted octanol–water partition coefficient (Wildman–Crippen LogP) is 3.43. The molecule has 0 bridgehead atoms. The van der Waals surface area contributed by atoms with Gasteiger partial charge in [-0.3, -0.25) is 0 Å². The number of hydrogen-bond donors (Lipinski definition) is 2. The third-order valence-electron chi connectivity index (χ3n) is 6.68. The van der Waals surface area contributed by atoms with Crippen molar-refractivity contribution >= 4 is 17.5 Å². The van der Waals surface area contributed by atoms with Gasteiger partial charge in [-0.2, -0.15) is 0 Å². The lowest BCUT2D eigenvalue weighted by atomic mass is 9.87. The summed E-state index contributed by atoms with van der Waals surface area (Å²) in [6.07, 6.45) is -0.0955. The Hall–Kier alpha value is -3.95. The minimum Gasteiger partial charge on any atom is -0.530 e. The van der Waals surface area contributed by atoms with Crippen molar-refractivity contribution in [2.75, 3.05) is 51.0 Å². The SMILES string of the molecule is Nc1ccc(OCCOC2CN(C(=O)[O-])CCC2c2ccc(OCCCOCc3ccccc3)cc2)cc1N. The second kappa shape index (κ2) is 14.3.